The molecule has 0 atom stereocenters. The number of nitrogens with two attached hydrogens (primary N) is 1. The van der Waals surface area contributed by atoms with E-state index in [1.807, 2.05) is 13.0 Å². The second-order valence-electron chi connectivity index (χ2n) is 4.40. The monoisotopic (exact) mass is 333 g/mol. The zero-order valence-corrected chi connectivity index (χ0v) is 12.5. The number of hydrogen-bond acceptors (Lipinski definition) is 3. The minimum Gasteiger partial charge on any atom is -0.397 e. The molecule has 1 saturated heterocycles. The molecular weight excluding hydrogens is 318 g/mol. The highest BCUT2D eigenvalue weighted by atomic mass is 79.9. The molecule has 1 aromatic carbocycles. The average Bonchev–Trinajstić information content (AvgIpc) is 2.77. The van der Waals surface area contributed by atoms with Crippen molar-refractivity contribution in [1.82, 2.24) is 4.31 Å². The Morgan fingerprint density at radius 1 is 1.33 bits per heavy atom. The summed E-state index contributed by atoms with van der Waals surface area (Å²) in [6, 6.07) is 3.52. The lowest BCUT2D eigenvalue weighted by molar-refractivity contribution is 0.482. The topological polar surface area (TPSA) is 75.4 Å². The Morgan fingerprint density at radius 3 is 2.50 bits per heavy atom. The Hall–Kier alpha value is -0.790. The van der Waals surface area contributed by atoms with Gasteiger partial charge in [-0.3, -0.25) is 4.72 Å². The van der Waals surface area contributed by atoms with Crippen LogP contribution < -0.4 is 10.5 Å². The lowest BCUT2D eigenvalue weighted by Gasteiger charge is -2.19. The molecule has 1 heterocycles. The van der Waals surface area contributed by atoms with Crippen molar-refractivity contribution in [2.75, 3.05) is 23.5 Å². The van der Waals surface area contributed by atoms with E-state index in [4.69, 9.17) is 5.73 Å². The quantitative estimate of drug-likeness (QED) is 0.831. The van der Waals surface area contributed by atoms with Crippen LogP contribution in [0.2, 0.25) is 0 Å². The van der Waals surface area contributed by atoms with Crippen LogP contribution >= 0.6 is 15.9 Å². The number of hydrogen-bond donors (Lipinski definition) is 2. The summed E-state index contributed by atoms with van der Waals surface area (Å²) in [6.07, 6.45) is 1.82. The molecule has 1 fully saturated rings. The normalized spacial score (nSPS) is 17.0. The van der Waals surface area contributed by atoms with Gasteiger partial charge in [-0.25, -0.2) is 0 Å². The summed E-state index contributed by atoms with van der Waals surface area (Å²) < 4.78 is 29.1. The lowest BCUT2D eigenvalue weighted by Crippen LogP contribution is -2.33. The first-order chi connectivity index (χ1) is 8.40. The molecule has 2 rings (SSSR count). The molecule has 0 unspecified atom stereocenters. The maximum Gasteiger partial charge on any atom is 0.301 e. The van der Waals surface area contributed by atoms with Crippen LogP contribution in [0.3, 0.4) is 0 Å². The van der Waals surface area contributed by atoms with Crippen molar-refractivity contribution >= 4 is 37.5 Å². The van der Waals surface area contributed by atoms with Crippen LogP contribution in [0, 0.1) is 6.92 Å². The van der Waals surface area contributed by atoms with Crippen molar-refractivity contribution in [3.8, 4) is 0 Å². The molecule has 1 aromatic rings. The van der Waals surface area contributed by atoms with Crippen LogP contribution in [0.1, 0.15) is 18.4 Å². The first-order valence-electron chi connectivity index (χ1n) is 5.73. The largest absolute Gasteiger partial charge is 0.397 e. The molecule has 18 heavy (non-hydrogen) atoms. The van der Waals surface area contributed by atoms with E-state index < -0.39 is 10.2 Å². The maximum absolute atomic E-state index is 12.1. The molecule has 100 valence electrons. The zero-order chi connectivity index (χ0) is 13.3. The molecule has 0 spiro atoms. The summed E-state index contributed by atoms with van der Waals surface area (Å²) in [5.74, 6) is 0. The van der Waals surface area contributed by atoms with Crippen molar-refractivity contribution < 1.29 is 8.42 Å². The third kappa shape index (κ3) is 2.78. The summed E-state index contributed by atoms with van der Waals surface area (Å²) >= 11 is 3.33. The van der Waals surface area contributed by atoms with E-state index in [0.717, 1.165) is 22.9 Å². The Bertz CT molecular complexity index is 530. The SMILES string of the molecule is Cc1cc(Br)cc(N)c1NS(=O)(=O)N1CCCC1. The average molecular weight is 334 g/mol. The van der Waals surface area contributed by atoms with Crippen LogP contribution in [0.5, 0.6) is 0 Å². The van der Waals surface area contributed by atoms with Gasteiger partial charge in [0.1, 0.15) is 0 Å². The van der Waals surface area contributed by atoms with E-state index in [1.54, 1.807) is 6.07 Å². The van der Waals surface area contributed by atoms with Crippen LogP contribution in [0.15, 0.2) is 16.6 Å². The predicted molar refractivity (Wildman–Crippen MR) is 76.6 cm³/mol. The number of aryl methyl sites for hydroxylation is 1. The fraction of sp³-hybridized carbons (Fsp3) is 0.455. The standard InChI is InChI=1S/C11H16BrN3O2S/c1-8-6-9(12)7-10(13)11(8)14-18(16,17)15-4-2-3-5-15/h6-7,14H,2-5,13H2,1H3. The van der Waals surface area contributed by atoms with Crippen LogP contribution in [-0.4, -0.2) is 25.8 Å². The van der Waals surface area contributed by atoms with Crippen molar-refractivity contribution in [1.29, 1.82) is 0 Å². The molecule has 1 aliphatic rings. The van der Waals surface area contributed by atoms with Gasteiger partial charge in [-0.05, 0) is 37.5 Å². The van der Waals surface area contributed by atoms with Gasteiger partial charge < -0.3 is 5.73 Å². The molecule has 0 saturated carbocycles. The fourth-order valence-electron chi connectivity index (χ4n) is 2.03. The van der Waals surface area contributed by atoms with E-state index in [-0.39, 0.29) is 0 Å². The highest BCUT2D eigenvalue weighted by molar-refractivity contribution is 9.10. The molecule has 0 aromatic heterocycles. The number of nitrogens with one attached hydrogen (secondary N) is 1. The number of halogens is 1. The minimum absolute atomic E-state index is 0.421. The minimum atomic E-state index is -3.48. The highest BCUT2D eigenvalue weighted by Crippen LogP contribution is 2.29. The molecule has 1 aliphatic heterocycles. The van der Waals surface area contributed by atoms with Crippen LogP contribution in [0.25, 0.3) is 0 Å². The summed E-state index contributed by atoms with van der Waals surface area (Å²) in [5, 5.41) is 0. The number of nitrogen functional groups attached to an aromatic ring is 1. The number of benzene rings is 1. The van der Waals surface area contributed by atoms with Gasteiger partial charge in [-0.15, -0.1) is 0 Å². The van der Waals surface area contributed by atoms with Gasteiger partial charge in [0.15, 0.2) is 0 Å². The highest BCUT2D eigenvalue weighted by Gasteiger charge is 2.26. The molecule has 3 N–H and O–H groups in total. The van der Waals surface area contributed by atoms with Crippen molar-refractivity contribution in [3.05, 3.63) is 22.2 Å². The van der Waals surface area contributed by atoms with Crippen molar-refractivity contribution in [2.24, 2.45) is 0 Å². The first kappa shape index (κ1) is 13.6. The Balaban J connectivity index is 2.29. The van der Waals surface area contributed by atoms with Gasteiger partial charge in [0, 0.05) is 17.6 Å². The van der Waals surface area contributed by atoms with Crippen molar-refractivity contribution in [2.45, 2.75) is 19.8 Å². The van der Waals surface area contributed by atoms with Gasteiger partial charge in [0.05, 0.1) is 11.4 Å². The molecule has 7 heteroatoms. The lowest BCUT2D eigenvalue weighted by atomic mass is 10.2. The van der Waals surface area contributed by atoms with E-state index in [2.05, 4.69) is 20.7 Å². The molecular formula is C11H16BrN3O2S. The van der Waals surface area contributed by atoms with Gasteiger partial charge in [0.25, 0.3) is 0 Å². The zero-order valence-electron chi connectivity index (χ0n) is 10.1. The van der Waals surface area contributed by atoms with Crippen LogP contribution in [-0.2, 0) is 10.2 Å². The van der Waals surface area contributed by atoms with E-state index in [0.29, 0.717) is 24.5 Å². The Morgan fingerprint density at radius 2 is 1.94 bits per heavy atom. The summed E-state index contributed by atoms with van der Waals surface area (Å²) in [7, 11) is -3.48. The van der Waals surface area contributed by atoms with Gasteiger partial charge in [0.2, 0.25) is 0 Å². The number of rotatable bonds is 3. The molecule has 5 nitrogen and oxygen atoms in total. The Kier molecular flexibility index (Phi) is 3.84. The number of nitrogens with zero attached hydrogens (tertiary/aromatic N) is 1. The fourth-order valence-corrected chi connectivity index (χ4v) is 4.03. The molecule has 0 bridgehead atoms. The summed E-state index contributed by atoms with van der Waals surface area (Å²) in [5.41, 5.74) is 7.53. The smallest absolute Gasteiger partial charge is 0.301 e. The summed E-state index contributed by atoms with van der Waals surface area (Å²) in [4.78, 5) is 0. The maximum atomic E-state index is 12.1. The third-order valence-corrected chi connectivity index (χ3v) is 4.93. The second-order valence-corrected chi connectivity index (χ2v) is 6.99. The second kappa shape index (κ2) is 5.07. The first-order valence-corrected chi connectivity index (χ1v) is 7.97. The van der Waals surface area contributed by atoms with E-state index in [9.17, 15) is 8.42 Å². The van der Waals surface area contributed by atoms with E-state index in [1.165, 1.54) is 4.31 Å². The molecule has 0 amide bonds. The van der Waals surface area contributed by atoms with Gasteiger partial charge >= 0.3 is 10.2 Å². The molecule has 0 aliphatic carbocycles. The number of anilines is 2. The van der Waals surface area contributed by atoms with Crippen molar-refractivity contribution in [3.63, 3.8) is 0 Å². The predicted octanol–water partition coefficient (Wildman–Crippen LogP) is 2.09. The van der Waals surface area contributed by atoms with Gasteiger partial charge in [-0.2, -0.15) is 12.7 Å². The van der Waals surface area contributed by atoms with E-state index >= 15 is 0 Å². The summed E-state index contributed by atoms with van der Waals surface area (Å²) in [6.45, 7) is 2.97. The Labute approximate surface area is 116 Å². The van der Waals surface area contributed by atoms with Crippen LogP contribution in [0.4, 0.5) is 11.4 Å². The third-order valence-electron chi connectivity index (χ3n) is 2.97. The van der Waals surface area contributed by atoms with Gasteiger partial charge in [-0.1, -0.05) is 15.9 Å². The molecule has 0 radical (unpaired) electrons.